The predicted molar refractivity (Wildman–Crippen MR) is 85.0 cm³/mol. The molecule has 0 radical (unpaired) electrons. The van der Waals surface area contributed by atoms with Crippen LogP contribution in [0.3, 0.4) is 0 Å². The number of hydrogen-bond acceptors (Lipinski definition) is 2. The Morgan fingerprint density at radius 2 is 1.60 bits per heavy atom. The quantitative estimate of drug-likeness (QED) is 0.719. The minimum absolute atomic E-state index is 0.536. The molecule has 0 aliphatic heterocycles. The molecule has 0 aliphatic carbocycles. The lowest BCUT2D eigenvalue weighted by Gasteiger charge is -2.07. The van der Waals surface area contributed by atoms with Crippen LogP contribution in [0.2, 0.25) is 5.02 Å². The summed E-state index contributed by atoms with van der Waals surface area (Å²) < 4.78 is 1.91. The van der Waals surface area contributed by atoms with E-state index in [0.717, 1.165) is 26.7 Å². The van der Waals surface area contributed by atoms with Gasteiger partial charge in [0.25, 0.3) is 0 Å². The summed E-state index contributed by atoms with van der Waals surface area (Å²) >= 11 is 7.45. The van der Waals surface area contributed by atoms with Crippen molar-refractivity contribution in [3.63, 3.8) is 0 Å². The van der Waals surface area contributed by atoms with Crippen LogP contribution in [-0.4, -0.2) is 4.57 Å². The Kier molecular flexibility index (Phi) is 3.47. The fraction of sp³-hybridized carbons (Fsp3) is 0.0625. The van der Waals surface area contributed by atoms with Crippen LogP contribution in [-0.2, 0) is 7.05 Å². The van der Waals surface area contributed by atoms with E-state index in [4.69, 9.17) is 17.0 Å². The molecule has 2 nitrogen and oxygen atoms in total. The van der Waals surface area contributed by atoms with Crippen LogP contribution in [0, 0.1) is 5.41 Å². The van der Waals surface area contributed by atoms with Gasteiger partial charge in [-0.1, -0.05) is 65.4 Å². The highest BCUT2D eigenvalue weighted by atomic mass is 35.5. The number of nitrogens with one attached hydrogen (secondary N) is 1. The third kappa shape index (κ3) is 2.30. The molecule has 0 unspecified atom stereocenters. The van der Waals surface area contributed by atoms with E-state index in [1.165, 1.54) is 11.3 Å². The zero-order valence-corrected chi connectivity index (χ0v) is 12.5. The number of aromatic nitrogens is 1. The summed E-state index contributed by atoms with van der Waals surface area (Å²) in [5, 5.41) is 8.80. The summed E-state index contributed by atoms with van der Waals surface area (Å²) in [6.07, 6.45) is 0. The first-order valence-corrected chi connectivity index (χ1v) is 7.42. The molecule has 100 valence electrons. The summed E-state index contributed by atoms with van der Waals surface area (Å²) in [6.45, 7) is 0. The van der Waals surface area contributed by atoms with Crippen LogP contribution in [0.1, 0.15) is 0 Å². The molecule has 0 atom stereocenters. The summed E-state index contributed by atoms with van der Waals surface area (Å²) in [4.78, 5) is 1.65. The fourth-order valence-electron chi connectivity index (χ4n) is 2.19. The topological polar surface area (TPSA) is 28.8 Å². The van der Waals surface area contributed by atoms with E-state index >= 15 is 0 Å². The van der Waals surface area contributed by atoms with Gasteiger partial charge in [-0.05, 0) is 23.3 Å². The summed E-state index contributed by atoms with van der Waals surface area (Å²) in [5.74, 6) is 0. The largest absolute Gasteiger partial charge is 0.319 e. The third-order valence-corrected chi connectivity index (χ3v) is 4.56. The van der Waals surface area contributed by atoms with E-state index in [2.05, 4.69) is 12.1 Å². The Morgan fingerprint density at radius 1 is 0.950 bits per heavy atom. The Morgan fingerprint density at radius 3 is 2.25 bits per heavy atom. The van der Waals surface area contributed by atoms with Crippen LogP contribution >= 0.6 is 22.9 Å². The maximum absolute atomic E-state index is 8.08. The van der Waals surface area contributed by atoms with Gasteiger partial charge in [-0.15, -0.1) is 0 Å². The normalized spacial score (nSPS) is 10.7. The van der Waals surface area contributed by atoms with Crippen LogP contribution in [0.4, 0.5) is 0 Å². The van der Waals surface area contributed by atoms with Gasteiger partial charge in [-0.2, -0.15) is 0 Å². The molecule has 4 heteroatoms. The highest BCUT2D eigenvalue weighted by molar-refractivity contribution is 7.13. The van der Waals surface area contributed by atoms with Crippen LogP contribution < -0.4 is 4.80 Å². The van der Waals surface area contributed by atoms with E-state index in [9.17, 15) is 0 Å². The van der Waals surface area contributed by atoms with Gasteiger partial charge in [0.05, 0.1) is 10.6 Å². The molecule has 0 bridgehead atoms. The van der Waals surface area contributed by atoms with E-state index in [-0.39, 0.29) is 0 Å². The maximum atomic E-state index is 8.08. The summed E-state index contributed by atoms with van der Waals surface area (Å²) in [5.41, 5.74) is 3.27. The molecule has 0 amide bonds. The van der Waals surface area contributed by atoms with Gasteiger partial charge in [0.2, 0.25) is 0 Å². The van der Waals surface area contributed by atoms with Gasteiger partial charge in [0, 0.05) is 12.1 Å². The molecule has 20 heavy (non-hydrogen) atoms. The second-order valence-corrected chi connectivity index (χ2v) is 5.95. The molecule has 2 aromatic carbocycles. The monoisotopic (exact) mass is 300 g/mol. The van der Waals surface area contributed by atoms with Crippen LogP contribution in [0.25, 0.3) is 21.7 Å². The molecular formula is C16H13ClN2S. The van der Waals surface area contributed by atoms with E-state index in [0.29, 0.717) is 4.80 Å². The number of thiazole rings is 1. The molecular weight excluding hydrogens is 288 g/mol. The van der Waals surface area contributed by atoms with Gasteiger partial charge < -0.3 is 4.57 Å². The van der Waals surface area contributed by atoms with Crippen molar-refractivity contribution in [1.82, 2.24) is 4.57 Å². The Balaban J connectivity index is 2.25. The predicted octanol–water partition coefficient (Wildman–Crippen LogP) is 4.55. The standard InChI is InChI=1S/C16H13ClN2S/c1-19-14(11-7-9-13(17)10-8-11)15(20-16(19)18)12-5-3-2-4-6-12/h2-10,18H,1H3. The highest BCUT2D eigenvalue weighted by Crippen LogP contribution is 2.34. The molecule has 1 heterocycles. The lowest BCUT2D eigenvalue weighted by atomic mass is 10.1. The average Bonchev–Trinajstić information content (AvgIpc) is 2.77. The van der Waals surface area contributed by atoms with Gasteiger partial charge in [0.15, 0.2) is 4.80 Å². The zero-order chi connectivity index (χ0) is 14.1. The van der Waals surface area contributed by atoms with Crippen molar-refractivity contribution in [3.05, 3.63) is 64.4 Å². The van der Waals surface area contributed by atoms with Crippen LogP contribution in [0.5, 0.6) is 0 Å². The van der Waals surface area contributed by atoms with Crippen molar-refractivity contribution < 1.29 is 0 Å². The van der Waals surface area contributed by atoms with Crippen molar-refractivity contribution >= 4 is 22.9 Å². The Labute approximate surface area is 126 Å². The molecule has 0 saturated heterocycles. The number of rotatable bonds is 2. The van der Waals surface area contributed by atoms with Gasteiger partial charge in [-0.3, -0.25) is 5.41 Å². The third-order valence-electron chi connectivity index (χ3n) is 3.21. The average molecular weight is 301 g/mol. The molecule has 3 rings (SSSR count). The fourth-order valence-corrected chi connectivity index (χ4v) is 3.34. The molecule has 0 aliphatic rings. The first-order valence-electron chi connectivity index (χ1n) is 6.22. The second-order valence-electron chi connectivity index (χ2n) is 4.52. The van der Waals surface area contributed by atoms with Gasteiger partial charge in [0.1, 0.15) is 0 Å². The minimum atomic E-state index is 0.536. The number of nitrogens with zero attached hydrogens (tertiary/aromatic N) is 1. The van der Waals surface area contributed by atoms with Crippen molar-refractivity contribution in [1.29, 1.82) is 5.41 Å². The smallest absolute Gasteiger partial charge is 0.182 e. The Bertz CT molecular complexity index is 786. The number of hydrogen-bond donors (Lipinski definition) is 1. The van der Waals surface area contributed by atoms with Gasteiger partial charge in [-0.25, -0.2) is 0 Å². The first kappa shape index (κ1) is 13.2. The first-order chi connectivity index (χ1) is 9.66. The molecule has 0 saturated carbocycles. The zero-order valence-electron chi connectivity index (χ0n) is 10.9. The summed E-state index contributed by atoms with van der Waals surface area (Å²) in [6, 6.07) is 17.9. The molecule has 0 fully saturated rings. The Hall–Kier alpha value is -1.84. The van der Waals surface area contributed by atoms with Crippen molar-refractivity contribution in [2.45, 2.75) is 0 Å². The molecule has 1 N–H and O–H groups in total. The lowest BCUT2D eigenvalue weighted by molar-refractivity contribution is 0.867. The van der Waals surface area contributed by atoms with Crippen molar-refractivity contribution in [2.24, 2.45) is 7.05 Å². The number of benzene rings is 2. The SMILES string of the molecule is Cn1c(-c2ccc(Cl)cc2)c(-c2ccccc2)sc1=N. The molecule has 3 aromatic rings. The highest BCUT2D eigenvalue weighted by Gasteiger charge is 2.14. The maximum Gasteiger partial charge on any atom is 0.182 e. The minimum Gasteiger partial charge on any atom is -0.319 e. The van der Waals surface area contributed by atoms with Gasteiger partial charge >= 0.3 is 0 Å². The lowest BCUT2D eigenvalue weighted by Crippen LogP contribution is -2.08. The molecule has 0 spiro atoms. The second kappa shape index (κ2) is 5.27. The molecule has 1 aromatic heterocycles. The summed E-state index contributed by atoms with van der Waals surface area (Å²) in [7, 11) is 1.93. The number of halogens is 1. The van der Waals surface area contributed by atoms with E-state index in [1.54, 1.807) is 0 Å². The van der Waals surface area contributed by atoms with E-state index in [1.807, 2.05) is 54.1 Å². The van der Waals surface area contributed by atoms with Crippen molar-refractivity contribution in [2.75, 3.05) is 0 Å². The van der Waals surface area contributed by atoms with E-state index < -0.39 is 0 Å². The van der Waals surface area contributed by atoms with Crippen LogP contribution in [0.15, 0.2) is 54.6 Å². The van der Waals surface area contributed by atoms with Crippen molar-refractivity contribution in [3.8, 4) is 21.7 Å².